The Balaban J connectivity index is 2.13. The molecule has 1 heterocycles. The number of unbranched alkanes of at least 4 members (excludes halogenated alkanes) is 5. The zero-order valence-electron chi connectivity index (χ0n) is 10.5. The number of nitrogens with zero attached hydrogens (tertiary/aromatic N) is 2. The van der Waals surface area contributed by atoms with E-state index in [0.29, 0.717) is 16.8 Å². The van der Waals surface area contributed by atoms with Crippen LogP contribution < -0.4 is 11.5 Å². The number of thioether (sulfide) groups is 1. The van der Waals surface area contributed by atoms with Crippen LogP contribution in [0.3, 0.4) is 0 Å². The second kappa shape index (κ2) is 8.17. The van der Waals surface area contributed by atoms with Crippen LogP contribution in [0.5, 0.6) is 0 Å². The van der Waals surface area contributed by atoms with Gasteiger partial charge in [0, 0.05) is 11.8 Å². The minimum atomic E-state index is 0.447. The fourth-order valence-electron chi connectivity index (χ4n) is 1.57. The fourth-order valence-corrected chi connectivity index (χ4v) is 2.44. The second-order valence-corrected chi connectivity index (χ2v) is 5.18. The monoisotopic (exact) mass is 254 g/mol. The molecule has 0 amide bonds. The largest absolute Gasteiger partial charge is 0.383 e. The molecular formula is C12H22N4S. The summed E-state index contributed by atoms with van der Waals surface area (Å²) in [6, 6.07) is 1.58. The fraction of sp³-hybridized carbons (Fsp3) is 0.667. The van der Waals surface area contributed by atoms with E-state index in [2.05, 4.69) is 16.9 Å². The molecule has 0 fully saturated rings. The Hall–Kier alpha value is -0.970. The molecule has 96 valence electrons. The molecule has 17 heavy (non-hydrogen) atoms. The molecule has 0 aliphatic rings. The van der Waals surface area contributed by atoms with Crippen LogP contribution in [0.25, 0.3) is 0 Å². The highest BCUT2D eigenvalue weighted by atomic mass is 32.2. The molecule has 0 unspecified atom stereocenters. The van der Waals surface area contributed by atoms with Gasteiger partial charge in [-0.05, 0) is 6.42 Å². The summed E-state index contributed by atoms with van der Waals surface area (Å²) in [5.74, 6) is 1.93. The molecule has 5 heteroatoms. The average molecular weight is 254 g/mol. The molecule has 0 saturated heterocycles. The highest BCUT2D eigenvalue weighted by Crippen LogP contribution is 2.18. The van der Waals surface area contributed by atoms with Crippen LogP contribution in [-0.4, -0.2) is 15.7 Å². The maximum atomic E-state index is 5.60. The van der Waals surface area contributed by atoms with Gasteiger partial charge in [0.1, 0.15) is 11.6 Å². The van der Waals surface area contributed by atoms with Crippen molar-refractivity contribution >= 4 is 23.4 Å². The lowest BCUT2D eigenvalue weighted by Crippen LogP contribution is -1.99. The number of anilines is 2. The lowest BCUT2D eigenvalue weighted by atomic mass is 10.1. The van der Waals surface area contributed by atoms with Crippen molar-refractivity contribution in [2.75, 3.05) is 17.2 Å². The third kappa shape index (κ3) is 6.36. The Labute approximate surface area is 108 Å². The Morgan fingerprint density at radius 2 is 1.59 bits per heavy atom. The summed E-state index contributed by atoms with van der Waals surface area (Å²) in [5.41, 5.74) is 11.2. The summed E-state index contributed by atoms with van der Waals surface area (Å²) in [7, 11) is 0. The number of hydrogen-bond donors (Lipinski definition) is 2. The molecule has 1 rings (SSSR count). The summed E-state index contributed by atoms with van der Waals surface area (Å²) in [6.45, 7) is 2.23. The summed E-state index contributed by atoms with van der Waals surface area (Å²) in [4.78, 5) is 8.26. The minimum absolute atomic E-state index is 0.447. The lowest BCUT2D eigenvalue weighted by molar-refractivity contribution is 0.627. The summed E-state index contributed by atoms with van der Waals surface area (Å²) >= 11 is 1.63. The predicted octanol–water partition coefficient (Wildman–Crippen LogP) is 3.09. The maximum Gasteiger partial charge on any atom is 0.191 e. The Morgan fingerprint density at radius 1 is 1.00 bits per heavy atom. The van der Waals surface area contributed by atoms with Gasteiger partial charge in [-0.3, -0.25) is 0 Å². The normalized spacial score (nSPS) is 10.6. The van der Waals surface area contributed by atoms with Crippen LogP contribution in [0.15, 0.2) is 11.2 Å². The molecule has 0 atom stereocenters. The molecule has 1 aromatic rings. The van der Waals surface area contributed by atoms with E-state index in [-0.39, 0.29) is 0 Å². The van der Waals surface area contributed by atoms with Gasteiger partial charge in [-0.25, -0.2) is 9.97 Å². The zero-order chi connectivity index (χ0) is 12.5. The van der Waals surface area contributed by atoms with Gasteiger partial charge in [0.15, 0.2) is 5.16 Å². The first-order valence-corrected chi connectivity index (χ1v) is 7.23. The van der Waals surface area contributed by atoms with Gasteiger partial charge in [0.25, 0.3) is 0 Å². The molecule has 1 aromatic heterocycles. The van der Waals surface area contributed by atoms with Gasteiger partial charge >= 0.3 is 0 Å². The van der Waals surface area contributed by atoms with E-state index < -0.39 is 0 Å². The van der Waals surface area contributed by atoms with Crippen molar-refractivity contribution in [3.05, 3.63) is 6.07 Å². The second-order valence-electron chi connectivity index (χ2n) is 4.12. The standard InChI is InChI=1S/C12H22N4S/c1-2-3-4-5-6-7-8-17-12-15-10(13)9-11(14)16-12/h9H,2-8H2,1H3,(H4,13,14,15,16). The molecular weight excluding hydrogens is 232 g/mol. The number of nitrogens with two attached hydrogens (primary N) is 2. The topological polar surface area (TPSA) is 77.8 Å². The van der Waals surface area contributed by atoms with Gasteiger partial charge in [0.05, 0.1) is 0 Å². The van der Waals surface area contributed by atoms with Gasteiger partial charge in [-0.15, -0.1) is 0 Å². The molecule has 4 nitrogen and oxygen atoms in total. The highest BCUT2D eigenvalue weighted by molar-refractivity contribution is 7.99. The first kappa shape index (κ1) is 14.1. The smallest absolute Gasteiger partial charge is 0.191 e. The molecule has 0 spiro atoms. The zero-order valence-corrected chi connectivity index (χ0v) is 11.3. The maximum absolute atomic E-state index is 5.60. The molecule has 4 N–H and O–H groups in total. The first-order valence-electron chi connectivity index (χ1n) is 6.25. The minimum Gasteiger partial charge on any atom is -0.383 e. The molecule has 0 aromatic carbocycles. The van der Waals surface area contributed by atoms with Crippen molar-refractivity contribution in [1.82, 2.24) is 9.97 Å². The Kier molecular flexibility index (Phi) is 6.77. The van der Waals surface area contributed by atoms with Crippen molar-refractivity contribution in [2.45, 2.75) is 50.6 Å². The molecule has 0 bridgehead atoms. The van der Waals surface area contributed by atoms with Crippen LogP contribution in [0.1, 0.15) is 45.4 Å². The van der Waals surface area contributed by atoms with Crippen LogP contribution in [0, 0.1) is 0 Å². The van der Waals surface area contributed by atoms with Crippen molar-refractivity contribution in [3.8, 4) is 0 Å². The average Bonchev–Trinajstić information content (AvgIpc) is 2.26. The van der Waals surface area contributed by atoms with Crippen molar-refractivity contribution in [1.29, 1.82) is 0 Å². The van der Waals surface area contributed by atoms with E-state index in [1.165, 1.54) is 38.5 Å². The van der Waals surface area contributed by atoms with Gasteiger partial charge in [-0.1, -0.05) is 50.8 Å². The predicted molar refractivity (Wildman–Crippen MR) is 75.0 cm³/mol. The Morgan fingerprint density at radius 3 is 2.24 bits per heavy atom. The number of hydrogen-bond acceptors (Lipinski definition) is 5. The van der Waals surface area contributed by atoms with E-state index in [0.717, 1.165) is 5.75 Å². The van der Waals surface area contributed by atoms with Crippen LogP contribution in [-0.2, 0) is 0 Å². The number of aromatic nitrogens is 2. The Bertz CT molecular complexity index is 310. The van der Waals surface area contributed by atoms with E-state index >= 15 is 0 Å². The van der Waals surface area contributed by atoms with Crippen molar-refractivity contribution in [3.63, 3.8) is 0 Å². The van der Waals surface area contributed by atoms with E-state index in [9.17, 15) is 0 Å². The van der Waals surface area contributed by atoms with Gasteiger partial charge in [-0.2, -0.15) is 0 Å². The first-order chi connectivity index (χ1) is 8.22. The van der Waals surface area contributed by atoms with E-state index in [4.69, 9.17) is 11.5 Å². The molecule has 0 radical (unpaired) electrons. The number of nitrogen functional groups attached to an aromatic ring is 2. The summed E-state index contributed by atoms with van der Waals surface area (Å²) < 4.78 is 0. The quantitative estimate of drug-likeness (QED) is 0.423. The van der Waals surface area contributed by atoms with E-state index in [1.54, 1.807) is 17.8 Å². The van der Waals surface area contributed by atoms with Crippen molar-refractivity contribution in [2.24, 2.45) is 0 Å². The molecule has 0 saturated carbocycles. The summed E-state index contributed by atoms with van der Waals surface area (Å²) in [5, 5.41) is 0.691. The van der Waals surface area contributed by atoms with E-state index in [1.807, 2.05) is 0 Å². The lowest BCUT2D eigenvalue weighted by Gasteiger charge is -2.02. The molecule has 0 aliphatic heterocycles. The molecule has 0 aliphatic carbocycles. The number of rotatable bonds is 8. The SMILES string of the molecule is CCCCCCCCSc1nc(N)cc(N)n1. The van der Waals surface area contributed by atoms with Gasteiger partial charge in [0.2, 0.25) is 0 Å². The third-order valence-electron chi connectivity index (χ3n) is 2.47. The van der Waals surface area contributed by atoms with Crippen molar-refractivity contribution < 1.29 is 0 Å². The van der Waals surface area contributed by atoms with Crippen LogP contribution in [0.2, 0.25) is 0 Å². The van der Waals surface area contributed by atoms with Crippen LogP contribution in [0.4, 0.5) is 11.6 Å². The summed E-state index contributed by atoms with van der Waals surface area (Å²) in [6.07, 6.45) is 7.81. The highest BCUT2D eigenvalue weighted by Gasteiger charge is 2.00. The van der Waals surface area contributed by atoms with Crippen LogP contribution >= 0.6 is 11.8 Å². The van der Waals surface area contributed by atoms with Gasteiger partial charge < -0.3 is 11.5 Å². The third-order valence-corrected chi connectivity index (χ3v) is 3.41.